The van der Waals surface area contributed by atoms with E-state index < -0.39 is 29.9 Å². The number of aromatic nitrogens is 4. The Morgan fingerprint density at radius 3 is 2.45 bits per heavy atom. The summed E-state index contributed by atoms with van der Waals surface area (Å²) in [6.45, 7) is 5.72. The molecule has 0 saturated heterocycles. The summed E-state index contributed by atoms with van der Waals surface area (Å²) in [6.07, 6.45) is -5.43. The van der Waals surface area contributed by atoms with Gasteiger partial charge in [-0.1, -0.05) is 26.8 Å². The molecule has 0 radical (unpaired) electrons. The Bertz CT molecular complexity index is 1370. The van der Waals surface area contributed by atoms with Gasteiger partial charge in [0, 0.05) is 24.9 Å². The molecule has 1 N–H and O–H groups in total. The summed E-state index contributed by atoms with van der Waals surface area (Å²) in [5.74, 6) is -0.310. The van der Waals surface area contributed by atoms with E-state index in [-0.39, 0.29) is 46.9 Å². The SMILES string of the molecule is CC(C)COCc1nc(NC2=CC(C)C(C(F)(F)F)N=C2)c2ccc(-c3ncccc3C(F)(F)F)nc2n1. The highest BCUT2D eigenvalue weighted by Gasteiger charge is 2.43. The third-order valence-electron chi connectivity index (χ3n) is 5.56. The standard InChI is InChI=1S/C25H24F6N6O/c1-13(2)11-38-12-19-36-22(34-15-9-14(3)21(33-10-15)25(29,30)31)16-6-7-18(35-23(16)37-19)20-17(24(26,27)28)5-4-8-32-20/h4-10,13-14,21H,11-12H2,1-3H3,(H,34,35,36,37). The largest absolute Gasteiger partial charge is 0.418 e. The fourth-order valence-electron chi connectivity index (χ4n) is 3.88. The Kier molecular flexibility index (Phi) is 7.68. The maximum Gasteiger partial charge on any atom is 0.418 e. The number of hydrogen-bond acceptors (Lipinski definition) is 7. The highest BCUT2D eigenvalue weighted by Crippen LogP contribution is 2.36. The molecule has 2 atom stereocenters. The van der Waals surface area contributed by atoms with Gasteiger partial charge >= 0.3 is 12.4 Å². The first-order valence-corrected chi connectivity index (χ1v) is 11.7. The minimum absolute atomic E-state index is 0.00815. The predicted molar refractivity (Wildman–Crippen MR) is 129 cm³/mol. The van der Waals surface area contributed by atoms with E-state index in [0.717, 1.165) is 12.3 Å². The molecular weight excluding hydrogens is 514 g/mol. The van der Waals surface area contributed by atoms with Crippen LogP contribution in [0.4, 0.5) is 32.2 Å². The number of hydrogen-bond donors (Lipinski definition) is 1. The summed E-state index contributed by atoms with van der Waals surface area (Å²) in [6, 6.07) is 3.08. The van der Waals surface area contributed by atoms with E-state index in [1.807, 2.05) is 13.8 Å². The van der Waals surface area contributed by atoms with E-state index >= 15 is 0 Å². The van der Waals surface area contributed by atoms with Crippen molar-refractivity contribution in [3.8, 4) is 11.4 Å². The number of ether oxygens (including phenoxy) is 1. The summed E-state index contributed by atoms with van der Waals surface area (Å²) in [4.78, 5) is 20.6. The Morgan fingerprint density at radius 2 is 1.79 bits per heavy atom. The second-order valence-electron chi connectivity index (χ2n) is 9.23. The first kappa shape index (κ1) is 27.4. The average Bonchev–Trinajstić information content (AvgIpc) is 2.82. The van der Waals surface area contributed by atoms with Crippen LogP contribution in [0.1, 0.15) is 32.2 Å². The summed E-state index contributed by atoms with van der Waals surface area (Å²) < 4.78 is 85.9. The fraction of sp³-hybridized carbons (Fsp3) is 0.400. The van der Waals surface area contributed by atoms with Crippen molar-refractivity contribution in [3.63, 3.8) is 0 Å². The van der Waals surface area contributed by atoms with E-state index in [1.165, 1.54) is 37.4 Å². The molecule has 0 aliphatic carbocycles. The van der Waals surface area contributed by atoms with Gasteiger partial charge in [-0.2, -0.15) is 26.3 Å². The molecule has 4 heterocycles. The fourth-order valence-corrected chi connectivity index (χ4v) is 3.88. The zero-order valence-corrected chi connectivity index (χ0v) is 20.6. The van der Waals surface area contributed by atoms with Crippen molar-refractivity contribution in [2.24, 2.45) is 16.8 Å². The highest BCUT2D eigenvalue weighted by atomic mass is 19.4. The van der Waals surface area contributed by atoms with Crippen LogP contribution in [0.25, 0.3) is 22.4 Å². The third-order valence-corrected chi connectivity index (χ3v) is 5.56. The zero-order valence-electron chi connectivity index (χ0n) is 20.6. The maximum atomic E-state index is 13.6. The number of pyridine rings is 2. The van der Waals surface area contributed by atoms with Gasteiger partial charge in [0.2, 0.25) is 0 Å². The first-order valence-electron chi connectivity index (χ1n) is 11.7. The van der Waals surface area contributed by atoms with Gasteiger partial charge in [-0.05, 0) is 30.2 Å². The van der Waals surface area contributed by atoms with Gasteiger partial charge in [-0.25, -0.2) is 15.0 Å². The molecule has 3 aromatic heterocycles. The van der Waals surface area contributed by atoms with Crippen molar-refractivity contribution in [3.05, 3.63) is 53.6 Å². The van der Waals surface area contributed by atoms with Crippen LogP contribution in [0.15, 0.2) is 47.2 Å². The van der Waals surface area contributed by atoms with E-state index in [9.17, 15) is 26.3 Å². The molecule has 0 bridgehead atoms. The lowest BCUT2D eigenvalue weighted by molar-refractivity contribution is -0.153. The number of nitrogens with one attached hydrogen (secondary N) is 1. The molecule has 3 aromatic rings. The topological polar surface area (TPSA) is 85.2 Å². The van der Waals surface area contributed by atoms with Crippen molar-refractivity contribution in [1.29, 1.82) is 0 Å². The monoisotopic (exact) mass is 538 g/mol. The van der Waals surface area contributed by atoms with Crippen molar-refractivity contribution in [1.82, 2.24) is 19.9 Å². The highest BCUT2D eigenvalue weighted by molar-refractivity contribution is 5.92. The van der Waals surface area contributed by atoms with Crippen LogP contribution in [-0.2, 0) is 17.5 Å². The molecule has 0 aromatic carbocycles. The van der Waals surface area contributed by atoms with Gasteiger partial charge in [0.15, 0.2) is 17.5 Å². The van der Waals surface area contributed by atoms with Gasteiger partial charge in [0.25, 0.3) is 0 Å². The normalized spacial score (nSPS) is 18.2. The minimum Gasteiger partial charge on any atom is -0.373 e. The number of halogens is 6. The summed E-state index contributed by atoms with van der Waals surface area (Å²) in [7, 11) is 0. The number of alkyl halides is 6. The number of dihydropyridines is 1. The van der Waals surface area contributed by atoms with Crippen LogP contribution >= 0.6 is 0 Å². The number of nitrogens with zero attached hydrogens (tertiary/aromatic N) is 5. The Hall–Kier alpha value is -3.61. The van der Waals surface area contributed by atoms with Crippen molar-refractivity contribution >= 4 is 23.1 Å². The number of fused-ring (bicyclic) bond motifs is 1. The molecule has 7 nitrogen and oxygen atoms in total. The molecule has 0 spiro atoms. The van der Waals surface area contributed by atoms with Gasteiger partial charge in [0.1, 0.15) is 18.1 Å². The Morgan fingerprint density at radius 1 is 1.03 bits per heavy atom. The van der Waals surface area contributed by atoms with Crippen LogP contribution < -0.4 is 5.32 Å². The molecule has 0 amide bonds. The Labute approximate surface area is 214 Å². The second kappa shape index (κ2) is 10.6. The van der Waals surface area contributed by atoms with Crippen molar-refractivity contribution in [2.75, 3.05) is 11.9 Å². The summed E-state index contributed by atoms with van der Waals surface area (Å²) >= 11 is 0. The summed E-state index contributed by atoms with van der Waals surface area (Å²) in [5.41, 5.74) is -1.01. The van der Waals surface area contributed by atoms with E-state index in [4.69, 9.17) is 4.74 Å². The lowest BCUT2D eigenvalue weighted by Gasteiger charge is -2.24. The van der Waals surface area contributed by atoms with E-state index in [2.05, 4.69) is 30.2 Å². The van der Waals surface area contributed by atoms with Crippen LogP contribution in [-0.4, -0.2) is 45.0 Å². The number of aliphatic imine (C=N–C) groups is 1. The smallest absolute Gasteiger partial charge is 0.373 e. The number of allylic oxidation sites excluding steroid dienone is 1. The van der Waals surface area contributed by atoms with Crippen LogP contribution in [0, 0.1) is 11.8 Å². The van der Waals surface area contributed by atoms with Crippen LogP contribution in [0.2, 0.25) is 0 Å². The molecule has 202 valence electrons. The molecule has 1 aliphatic heterocycles. The van der Waals surface area contributed by atoms with Crippen LogP contribution in [0.5, 0.6) is 0 Å². The maximum absolute atomic E-state index is 13.6. The molecule has 4 rings (SSSR count). The van der Waals surface area contributed by atoms with Gasteiger partial charge < -0.3 is 10.1 Å². The molecule has 13 heteroatoms. The van der Waals surface area contributed by atoms with Crippen molar-refractivity contribution < 1.29 is 31.1 Å². The molecule has 0 fully saturated rings. The molecule has 1 aliphatic rings. The van der Waals surface area contributed by atoms with Gasteiger partial charge in [-0.15, -0.1) is 0 Å². The van der Waals surface area contributed by atoms with E-state index in [0.29, 0.717) is 12.0 Å². The zero-order chi connectivity index (χ0) is 27.7. The lowest BCUT2D eigenvalue weighted by atomic mass is 9.98. The third kappa shape index (κ3) is 6.26. The van der Waals surface area contributed by atoms with Gasteiger partial charge in [-0.3, -0.25) is 9.98 Å². The predicted octanol–water partition coefficient (Wildman–Crippen LogP) is 6.23. The van der Waals surface area contributed by atoms with Crippen molar-refractivity contribution in [2.45, 2.75) is 45.8 Å². The van der Waals surface area contributed by atoms with Gasteiger partial charge in [0.05, 0.1) is 22.3 Å². The van der Waals surface area contributed by atoms with E-state index in [1.54, 1.807) is 0 Å². The van der Waals surface area contributed by atoms with Crippen LogP contribution in [0.3, 0.4) is 0 Å². The first-order chi connectivity index (χ1) is 17.8. The minimum atomic E-state index is -4.65. The lowest BCUT2D eigenvalue weighted by Crippen LogP contribution is -2.35. The molecule has 38 heavy (non-hydrogen) atoms. The number of anilines is 1. The quantitative estimate of drug-likeness (QED) is 0.359. The second-order valence-corrected chi connectivity index (χ2v) is 9.23. The Balaban J connectivity index is 1.75. The number of rotatable bonds is 7. The molecular formula is C25H24F6N6O. The summed E-state index contributed by atoms with van der Waals surface area (Å²) in [5, 5.41) is 3.30. The average molecular weight is 538 g/mol. The molecule has 2 unspecified atom stereocenters. The molecule has 0 saturated carbocycles.